The Balaban J connectivity index is 1.57. The first-order valence-corrected chi connectivity index (χ1v) is 12.5. The maximum absolute atomic E-state index is 13.1. The lowest BCUT2D eigenvalue weighted by Gasteiger charge is -2.23. The molecule has 1 aliphatic carbocycles. The standard InChI is InChI=1S/C22H30N5O4P/c1-15(2)30-32(28,31-16(3)4)14-29-11-18-10-22(18,17-8-6-5-7-9-17)27-13-26-19-20(23)24-12-25-21(19)27/h5-9,12-13,15-16,18H,10-11,14H2,1-4H3,(H2,23,24,25)/t18-,22+/m1/s1. The summed E-state index contributed by atoms with van der Waals surface area (Å²) in [4.78, 5) is 12.9. The summed E-state index contributed by atoms with van der Waals surface area (Å²) >= 11 is 0. The lowest BCUT2D eigenvalue weighted by Crippen LogP contribution is -2.23. The van der Waals surface area contributed by atoms with E-state index in [1.807, 2.05) is 45.9 Å². The van der Waals surface area contributed by atoms with Crippen molar-refractivity contribution < 1.29 is 18.3 Å². The number of benzene rings is 1. The first-order chi connectivity index (χ1) is 15.2. The molecule has 9 nitrogen and oxygen atoms in total. The van der Waals surface area contributed by atoms with Crippen LogP contribution in [0.1, 0.15) is 39.7 Å². The number of hydrogen-bond donors (Lipinski definition) is 1. The van der Waals surface area contributed by atoms with Crippen LogP contribution in [0.4, 0.5) is 5.82 Å². The van der Waals surface area contributed by atoms with Crippen molar-refractivity contribution in [2.45, 2.75) is 51.9 Å². The fourth-order valence-electron chi connectivity index (χ4n) is 4.21. The van der Waals surface area contributed by atoms with Gasteiger partial charge in [0.2, 0.25) is 0 Å². The number of nitrogen functional groups attached to an aromatic ring is 1. The fraction of sp³-hybridized carbons (Fsp3) is 0.500. The Labute approximate surface area is 187 Å². The largest absolute Gasteiger partial charge is 0.382 e. The van der Waals surface area contributed by atoms with Crippen LogP contribution in [0, 0.1) is 5.92 Å². The summed E-state index contributed by atoms with van der Waals surface area (Å²) in [6.07, 6.45) is 3.49. The van der Waals surface area contributed by atoms with Crippen LogP contribution < -0.4 is 5.73 Å². The number of ether oxygens (including phenoxy) is 1. The zero-order valence-corrected chi connectivity index (χ0v) is 19.7. The number of anilines is 1. The number of nitrogens with two attached hydrogens (primary N) is 1. The van der Waals surface area contributed by atoms with Crippen molar-refractivity contribution in [2.75, 3.05) is 18.7 Å². The fourth-order valence-corrected chi connectivity index (χ4v) is 5.99. The molecule has 32 heavy (non-hydrogen) atoms. The molecule has 2 atom stereocenters. The maximum atomic E-state index is 13.1. The molecule has 0 saturated heterocycles. The number of rotatable bonds is 10. The highest BCUT2D eigenvalue weighted by molar-refractivity contribution is 7.53. The van der Waals surface area contributed by atoms with Crippen LogP contribution >= 0.6 is 7.60 Å². The first kappa shape index (κ1) is 22.9. The van der Waals surface area contributed by atoms with E-state index in [0.717, 1.165) is 12.0 Å². The number of aromatic nitrogens is 4. The molecule has 10 heteroatoms. The van der Waals surface area contributed by atoms with Crippen molar-refractivity contribution in [1.29, 1.82) is 0 Å². The Morgan fingerprint density at radius 2 is 1.81 bits per heavy atom. The molecule has 4 rings (SSSR count). The Kier molecular flexibility index (Phi) is 6.36. The van der Waals surface area contributed by atoms with Gasteiger partial charge in [-0.2, -0.15) is 0 Å². The minimum Gasteiger partial charge on any atom is -0.382 e. The van der Waals surface area contributed by atoms with Gasteiger partial charge in [-0.3, -0.25) is 4.57 Å². The van der Waals surface area contributed by atoms with Crippen molar-refractivity contribution in [3.8, 4) is 0 Å². The predicted molar refractivity (Wildman–Crippen MR) is 122 cm³/mol. The highest BCUT2D eigenvalue weighted by Crippen LogP contribution is 2.57. The van der Waals surface area contributed by atoms with Crippen LogP contribution in [0.25, 0.3) is 11.2 Å². The zero-order valence-electron chi connectivity index (χ0n) is 18.8. The molecule has 0 unspecified atom stereocenters. The van der Waals surface area contributed by atoms with E-state index in [4.69, 9.17) is 19.5 Å². The molecule has 1 aliphatic rings. The molecule has 3 aromatic rings. The zero-order chi connectivity index (χ0) is 22.9. The van der Waals surface area contributed by atoms with Crippen molar-refractivity contribution in [1.82, 2.24) is 19.5 Å². The summed E-state index contributed by atoms with van der Waals surface area (Å²) < 4.78 is 32.3. The van der Waals surface area contributed by atoms with Gasteiger partial charge in [0, 0.05) is 5.92 Å². The van der Waals surface area contributed by atoms with Gasteiger partial charge in [-0.1, -0.05) is 30.3 Å². The van der Waals surface area contributed by atoms with Gasteiger partial charge in [-0.15, -0.1) is 0 Å². The van der Waals surface area contributed by atoms with Gasteiger partial charge < -0.3 is 24.1 Å². The van der Waals surface area contributed by atoms with Gasteiger partial charge in [0.15, 0.2) is 11.5 Å². The summed E-state index contributed by atoms with van der Waals surface area (Å²) in [5, 5.41) is 0. The Morgan fingerprint density at radius 1 is 1.12 bits per heavy atom. The first-order valence-electron chi connectivity index (χ1n) is 10.8. The topological polar surface area (TPSA) is 114 Å². The molecule has 2 heterocycles. The Hall–Kier alpha value is -2.32. The van der Waals surface area contributed by atoms with Gasteiger partial charge in [0.05, 0.1) is 30.7 Å². The van der Waals surface area contributed by atoms with E-state index in [2.05, 4.69) is 31.7 Å². The van der Waals surface area contributed by atoms with E-state index in [-0.39, 0.29) is 30.0 Å². The number of nitrogens with zero attached hydrogens (tertiary/aromatic N) is 4. The van der Waals surface area contributed by atoms with Crippen LogP contribution in [0.3, 0.4) is 0 Å². The normalized spacial score (nSPS) is 21.0. The number of fused-ring (bicyclic) bond motifs is 1. The highest BCUT2D eigenvalue weighted by atomic mass is 31.2. The van der Waals surface area contributed by atoms with Crippen LogP contribution in [0.2, 0.25) is 0 Å². The van der Waals surface area contributed by atoms with E-state index in [9.17, 15) is 4.57 Å². The average molecular weight is 459 g/mol. The SMILES string of the molecule is CC(C)OP(=O)(COC[C@H]1C[C@@]1(c1ccccc1)n1cnc2c(N)ncnc21)OC(C)C. The van der Waals surface area contributed by atoms with Crippen LogP contribution in [0.5, 0.6) is 0 Å². The quantitative estimate of drug-likeness (QED) is 0.449. The second-order valence-electron chi connectivity index (χ2n) is 8.66. The molecule has 1 aromatic carbocycles. The maximum Gasteiger partial charge on any atom is 0.356 e. The molecule has 172 valence electrons. The molecule has 0 radical (unpaired) electrons. The minimum atomic E-state index is -3.36. The molecular formula is C22H30N5O4P. The van der Waals surface area contributed by atoms with E-state index >= 15 is 0 Å². The highest BCUT2D eigenvalue weighted by Gasteiger charge is 2.58. The molecule has 0 bridgehead atoms. The summed E-state index contributed by atoms with van der Waals surface area (Å²) in [7, 11) is -3.36. The third kappa shape index (κ3) is 4.43. The molecule has 0 amide bonds. The molecule has 0 aliphatic heterocycles. The van der Waals surface area contributed by atoms with E-state index in [1.54, 1.807) is 6.33 Å². The van der Waals surface area contributed by atoms with Gasteiger partial charge in [0.25, 0.3) is 0 Å². The van der Waals surface area contributed by atoms with Crippen LogP contribution in [-0.4, -0.2) is 44.7 Å². The molecule has 2 aromatic heterocycles. The van der Waals surface area contributed by atoms with Gasteiger partial charge >= 0.3 is 7.60 Å². The Bertz CT molecular complexity index is 1110. The van der Waals surface area contributed by atoms with Crippen LogP contribution in [0.15, 0.2) is 43.0 Å². The minimum absolute atomic E-state index is 0.0927. The predicted octanol–water partition coefficient (Wildman–Crippen LogP) is 4.19. The Morgan fingerprint density at radius 3 is 2.47 bits per heavy atom. The van der Waals surface area contributed by atoms with Crippen molar-refractivity contribution in [3.63, 3.8) is 0 Å². The van der Waals surface area contributed by atoms with E-state index < -0.39 is 7.60 Å². The van der Waals surface area contributed by atoms with Gasteiger partial charge in [0.1, 0.15) is 18.2 Å². The van der Waals surface area contributed by atoms with Gasteiger partial charge in [-0.05, 0) is 39.7 Å². The summed E-state index contributed by atoms with van der Waals surface area (Å²) in [5.74, 6) is 0.480. The van der Waals surface area contributed by atoms with Crippen molar-refractivity contribution in [3.05, 3.63) is 48.5 Å². The second-order valence-corrected chi connectivity index (χ2v) is 10.6. The van der Waals surface area contributed by atoms with Gasteiger partial charge in [-0.25, -0.2) is 15.0 Å². The second kappa shape index (κ2) is 8.90. The third-order valence-corrected chi connectivity index (χ3v) is 7.43. The average Bonchev–Trinajstić information content (AvgIpc) is 3.26. The molecule has 2 N–H and O–H groups in total. The number of hydrogen-bond acceptors (Lipinski definition) is 8. The van der Waals surface area contributed by atoms with E-state index in [0.29, 0.717) is 23.6 Å². The lowest BCUT2D eigenvalue weighted by molar-refractivity contribution is 0.0922. The monoisotopic (exact) mass is 459 g/mol. The van der Waals surface area contributed by atoms with Crippen molar-refractivity contribution >= 4 is 24.6 Å². The molecule has 1 fully saturated rings. The summed E-state index contributed by atoms with van der Waals surface area (Å²) in [5.41, 5.74) is 8.02. The number of imidazole rings is 1. The third-order valence-electron chi connectivity index (χ3n) is 5.45. The molecule has 1 saturated carbocycles. The van der Waals surface area contributed by atoms with Crippen LogP contribution in [-0.2, 0) is 23.9 Å². The smallest absolute Gasteiger partial charge is 0.356 e. The summed E-state index contributed by atoms with van der Waals surface area (Å²) in [6, 6.07) is 10.2. The summed E-state index contributed by atoms with van der Waals surface area (Å²) in [6.45, 7) is 7.71. The lowest BCUT2D eigenvalue weighted by atomic mass is 10.0. The van der Waals surface area contributed by atoms with E-state index in [1.165, 1.54) is 6.33 Å². The molecular weight excluding hydrogens is 429 g/mol. The molecule has 0 spiro atoms. The van der Waals surface area contributed by atoms with Crippen molar-refractivity contribution in [2.24, 2.45) is 5.92 Å².